The van der Waals surface area contributed by atoms with E-state index in [1.807, 2.05) is 6.92 Å². The lowest BCUT2D eigenvalue weighted by Crippen LogP contribution is -2.28. The van der Waals surface area contributed by atoms with Gasteiger partial charge in [0, 0.05) is 18.9 Å². The lowest BCUT2D eigenvalue weighted by molar-refractivity contribution is -0.121. The molecule has 0 unspecified atom stereocenters. The van der Waals surface area contributed by atoms with Crippen LogP contribution in [0.4, 0.5) is 0 Å². The highest BCUT2D eigenvalue weighted by atomic mass is 16.1. The Labute approximate surface area is 77.3 Å². The van der Waals surface area contributed by atoms with Gasteiger partial charge in [-0.25, -0.2) is 4.98 Å². The number of rotatable bonds is 4. The van der Waals surface area contributed by atoms with Crippen molar-refractivity contribution in [3.8, 4) is 0 Å². The largest absolute Gasteiger partial charge is 0.351 e. The molecule has 0 bridgehead atoms. The van der Waals surface area contributed by atoms with Gasteiger partial charge >= 0.3 is 0 Å². The highest BCUT2D eigenvalue weighted by Gasteiger charge is 2.00. The van der Waals surface area contributed by atoms with Gasteiger partial charge in [-0.05, 0) is 6.92 Å². The van der Waals surface area contributed by atoms with Crippen LogP contribution in [0.5, 0.6) is 0 Å². The van der Waals surface area contributed by atoms with Gasteiger partial charge in [0.25, 0.3) is 0 Å². The molecule has 0 spiro atoms. The second-order valence-corrected chi connectivity index (χ2v) is 2.97. The van der Waals surface area contributed by atoms with Crippen LogP contribution in [0.25, 0.3) is 0 Å². The van der Waals surface area contributed by atoms with Crippen LogP contribution in [0.15, 0.2) is 30.9 Å². The zero-order valence-electron chi connectivity index (χ0n) is 7.66. The first-order valence-corrected chi connectivity index (χ1v) is 4.05. The van der Waals surface area contributed by atoms with Gasteiger partial charge in [0.1, 0.15) is 6.54 Å². The lowest BCUT2D eigenvalue weighted by atomic mass is 10.3. The lowest BCUT2D eigenvalue weighted by Gasteiger charge is -2.04. The number of carbonyl (C=O) groups is 1. The fourth-order valence-electron chi connectivity index (χ4n) is 0.851. The Morgan fingerprint density at radius 2 is 2.46 bits per heavy atom. The van der Waals surface area contributed by atoms with Gasteiger partial charge in [-0.15, -0.1) is 0 Å². The fourth-order valence-corrected chi connectivity index (χ4v) is 0.851. The summed E-state index contributed by atoms with van der Waals surface area (Å²) in [7, 11) is 0. The van der Waals surface area contributed by atoms with Crippen LogP contribution < -0.4 is 5.32 Å². The molecule has 0 aromatic carbocycles. The Balaban J connectivity index is 2.30. The molecular formula is C9H13N3O. The van der Waals surface area contributed by atoms with Crippen molar-refractivity contribution in [2.24, 2.45) is 0 Å². The van der Waals surface area contributed by atoms with E-state index in [0.29, 0.717) is 13.1 Å². The first-order valence-electron chi connectivity index (χ1n) is 4.05. The maximum absolute atomic E-state index is 11.2. The molecule has 0 fully saturated rings. The summed E-state index contributed by atoms with van der Waals surface area (Å²) in [5, 5.41) is 2.73. The molecule has 1 N–H and O–H groups in total. The van der Waals surface area contributed by atoms with Gasteiger partial charge in [0.2, 0.25) is 5.91 Å². The topological polar surface area (TPSA) is 46.9 Å². The molecule has 0 radical (unpaired) electrons. The number of carbonyl (C=O) groups excluding carboxylic acids is 1. The summed E-state index contributed by atoms with van der Waals surface area (Å²) >= 11 is 0. The average Bonchev–Trinajstić information content (AvgIpc) is 2.53. The molecule has 0 aliphatic carbocycles. The summed E-state index contributed by atoms with van der Waals surface area (Å²) in [6.07, 6.45) is 5.01. The third-order valence-electron chi connectivity index (χ3n) is 1.47. The summed E-state index contributed by atoms with van der Waals surface area (Å²) < 4.78 is 1.72. The Hall–Kier alpha value is -1.58. The zero-order valence-corrected chi connectivity index (χ0v) is 7.66. The van der Waals surface area contributed by atoms with E-state index in [1.54, 1.807) is 23.3 Å². The monoisotopic (exact) mass is 179 g/mol. The summed E-state index contributed by atoms with van der Waals surface area (Å²) in [4.78, 5) is 15.0. The molecule has 1 aromatic heterocycles. The molecule has 13 heavy (non-hydrogen) atoms. The number of amides is 1. The van der Waals surface area contributed by atoms with Crippen molar-refractivity contribution < 1.29 is 4.79 Å². The van der Waals surface area contributed by atoms with Crippen LogP contribution in [-0.4, -0.2) is 22.0 Å². The van der Waals surface area contributed by atoms with Gasteiger partial charge in [-0.2, -0.15) is 0 Å². The smallest absolute Gasteiger partial charge is 0.240 e. The Bertz CT molecular complexity index is 290. The highest BCUT2D eigenvalue weighted by Crippen LogP contribution is 1.86. The van der Waals surface area contributed by atoms with Gasteiger partial charge in [0.05, 0.1) is 6.33 Å². The molecule has 4 heteroatoms. The third kappa shape index (κ3) is 3.55. The number of hydrogen-bond acceptors (Lipinski definition) is 2. The molecule has 70 valence electrons. The van der Waals surface area contributed by atoms with Crippen molar-refractivity contribution in [1.82, 2.24) is 14.9 Å². The third-order valence-corrected chi connectivity index (χ3v) is 1.47. The van der Waals surface area contributed by atoms with Crippen LogP contribution >= 0.6 is 0 Å². The Morgan fingerprint density at radius 3 is 3.00 bits per heavy atom. The van der Waals surface area contributed by atoms with Crippen LogP contribution in [0, 0.1) is 0 Å². The minimum atomic E-state index is -0.0269. The minimum absolute atomic E-state index is 0.0269. The minimum Gasteiger partial charge on any atom is -0.351 e. The molecule has 1 rings (SSSR count). The maximum atomic E-state index is 11.2. The van der Waals surface area contributed by atoms with E-state index < -0.39 is 0 Å². The zero-order chi connectivity index (χ0) is 9.68. The van der Waals surface area contributed by atoms with Crippen molar-refractivity contribution in [2.75, 3.05) is 6.54 Å². The summed E-state index contributed by atoms with van der Waals surface area (Å²) in [5.41, 5.74) is 0.944. The normalized spacial score (nSPS) is 9.62. The Morgan fingerprint density at radius 1 is 1.69 bits per heavy atom. The van der Waals surface area contributed by atoms with E-state index in [1.165, 1.54) is 0 Å². The molecule has 1 amide bonds. The molecule has 0 saturated heterocycles. The average molecular weight is 179 g/mol. The first kappa shape index (κ1) is 9.51. The second-order valence-electron chi connectivity index (χ2n) is 2.97. The quantitative estimate of drug-likeness (QED) is 0.687. The van der Waals surface area contributed by atoms with E-state index in [0.717, 1.165) is 5.57 Å². The van der Waals surface area contributed by atoms with Gasteiger partial charge in [0.15, 0.2) is 0 Å². The molecule has 1 heterocycles. The van der Waals surface area contributed by atoms with Gasteiger partial charge in [-0.1, -0.05) is 12.2 Å². The second kappa shape index (κ2) is 4.45. The van der Waals surface area contributed by atoms with Crippen LogP contribution in [0.2, 0.25) is 0 Å². The number of hydrogen-bond donors (Lipinski definition) is 1. The first-order chi connectivity index (χ1) is 6.18. The van der Waals surface area contributed by atoms with E-state index in [9.17, 15) is 4.79 Å². The van der Waals surface area contributed by atoms with Crippen molar-refractivity contribution in [1.29, 1.82) is 0 Å². The summed E-state index contributed by atoms with van der Waals surface area (Å²) in [6, 6.07) is 0. The van der Waals surface area contributed by atoms with Crippen LogP contribution in [-0.2, 0) is 11.3 Å². The van der Waals surface area contributed by atoms with Crippen LogP contribution in [0.3, 0.4) is 0 Å². The van der Waals surface area contributed by atoms with Crippen molar-refractivity contribution in [3.63, 3.8) is 0 Å². The number of nitrogens with zero attached hydrogens (tertiary/aromatic N) is 2. The molecule has 0 atom stereocenters. The van der Waals surface area contributed by atoms with Crippen LogP contribution in [0.1, 0.15) is 6.92 Å². The van der Waals surface area contributed by atoms with Gasteiger partial charge < -0.3 is 9.88 Å². The van der Waals surface area contributed by atoms with Crippen molar-refractivity contribution >= 4 is 5.91 Å². The van der Waals surface area contributed by atoms with E-state index >= 15 is 0 Å². The number of imidazole rings is 1. The maximum Gasteiger partial charge on any atom is 0.240 e. The van der Waals surface area contributed by atoms with Crippen molar-refractivity contribution in [3.05, 3.63) is 30.9 Å². The molecule has 1 aromatic rings. The standard InChI is InChI=1S/C9H13N3O/c1-8(2)5-11-9(13)6-12-4-3-10-7-12/h3-4,7H,1,5-6H2,2H3,(H,11,13). The van der Waals surface area contributed by atoms with Crippen molar-refractivity contribution in [2.45, 2.75) is 13.5 Å². The Kier molecular flexibility index (Phi) is 3.25. The van der Waals surface area contributed by atoms with E-state index in [2.05, 4.69) is 16.9 Å². The predicted octanol–water partition coefficient (Wildman–Crippen LogP) is 0.575. The summed E-state index contributed by atoms with van der Waals surface area (Å²) in [5.74, 6) is -0.0269. The molecule has 4 nitrogen and oxygen atoms in total. The molecular weight excluding hydrogens is 166 g/mol. The number of nitrogens with one attached hydrogen (secondary N) is 1. The fraction of sp³-hybridized carbons (Fsp3) is 0.333. The van der Waals surface area contributed by atoms with E-state index in [4.69, 9.17) is 0 Å². The molecule has 0 aliphatic rings. The SMILES string of the molecule is C=C(C)CNC(=O)Cn1ccnc1. The summed E-state index contributed by atoms with van der Waals surface area (Å²) in [6.45, 7) is 6.41. The highest BCUT2D eigenvalue weighted by molar-refractivity contribution is 5.75. The molecule has 0 aliphatic heterocycles. The van der Waals surface area contributed by atoms with E-state index in [-0.39, 0.29) is 5.91 Å². The molecule has 0 saturated carbocycles. The van der Waals surface area contributed by atoms with Gasteiger partial charge in [-0.3, -0.25) is 4.79 Å². The predicted molar refractivity (Wildman–Crippen MR) is 50.1 cm³/mol. The number of aromatic nitrogens is 2.